The molecule has 3 aromatic carbocycles. The van der Waals surface area contributed by atoms with Gasteiger partial charge < -0.3 is 35.6 Å². The van der Waals surface area contributed by atoms with Gasteiger partial charge in [-0.05, 0) is 54.4 Å². The summed E-state index contributed by atoms with van der Waals surface area (Å²) in [6, 6.07) is 17.2. The number of aliphatic carboxylic acids is 2. The van der Waals surface area contributed by atoms with Crippen molar-refractivity contribution in [3.05, 3.63) is 118 Å². The van der Waals surface area contributed by atoms with Crippen molar-refractivity contribution in [2.45, 2.75) is 61.4 Å². The maximum atomic E-state index is 14.7. The number of alkyl halides is 3. The van der Waals surface area contributed by atoms with Gasteiger partial charge in [-0.25, -0.2) is 18.4 Å². The molecular weight excluding hydrogens is 806 g/mol. The van der Waals surface area contributed by atoms with E-state index in [0.29, 0.717) is 41.4 Å². The summed E-state index contributed by atoms with van der Waals surface area (Å²) in [6.45, 7) is 5.87. The van der Waals surface area contributed by atoms with Crippen LogP contribution >= 0.6 is 11.8 Å². The van der Waals surface area contributed by atoms with Gasteiger partial charge in [-0.3, -0.25) is 14.3 Å². The van der Waals surface area contributed by atoms with Crippen LogP contribution in [0.25, 0.3) is 22.2 Å². The van der Waals surface area contributed by atoms with E-state index in [2.05, 4.69) is 10.00 Å². The highest BCUT2D eigenvalue weighted by Gasteiger charge is 2.42. The Hall–Kier alpha value is -5.63. The molecule has 2 aromatic heterocycles. The number of thioether (sulfide) groups is 1. The molecule has 13 nitrogen and oxygen atoms in total. The summed E-state index contributed by atoms with van der Waals surface area (Å²) in [5.74, 6) is -6.26. The van der Waals surface area contributed by atoms with E-state index in [1.165, 1.54) is 35.0 Å². The van der Waals surface area contributed by atoms with E-state index in [1.54, 1.807) is 42.1 Å². The number of pyridine rings is 1. The van der Waals surface area contributed by atoms with Crippen LogP contribution < -0.4 is 11.2 Å². The Labute approximate surface area is 338 Å². The van der Waals surface area contributed by atoms with Gasteiger partial charge in [-0.15, -0.1) is 11.8 Å². The van der Waals surface area contributed by atoms with E-state index < -0.39 is 59.0 Å². The Balaban J connectivity index is 0.000000680. The van der Waals surface area contributed by atoms with E-state index in [9.17, 15) is 41.1 Å². The third kappa shape index (κ3) is 10.9. The smallest absolute Gasteiger partial charge is 0.416 e. The number of rotatable bonds is 16. The summed E-state index contributed by atoms with van der Waals surface area (Å²) in [5.41, 5.74) is 6.01. The van der Waals surface area contributed by atoms with Crippen LogP contribution in [0.15, 0.2) is 88.8 Å². The number of carbonyl (C=O) groups excluding carboxylic acids is 1. The number of primary amides is 1. The second-order valence-electron chi connectivity index (χ2n) is 13.4. The lowest BCUT2D eigenvalue weighted by Gasteiger charge is -2.37. The van der Waals surface area contributed by atoms with Crippen LogP contribution in [0.1, 0.15) is 37.0 Å². The van der Waals surface area contributed by atoms with Crippen LogP contribution in [0, 0.1) is 11.6 Å². The predicted octanol–water partition coefficient (Wildman–Crippen LogP) is 5.02. The highest BCUT2D eigenvalue weighted by atomic mass is 32.2. The number of carboxylic acids is 2. The molecule has 59 heavy (non-hydrogen) atoms. The van der Waals surface area contributed by atoms with Gasteiger partial charge in [-0.1, -0.05) is 62.4 Å². The van der Waals surface area contributed by atoms with Crippen molar-refractivity contribution in [1.29, 1.82) is 0 Å². The second-order valence-corrected chi connectivity index (χ2v) is 14.4. The Morgan fingerprint density at radius 3 is 1.97 bits per heavy atom. The number of amides is 1. The largest absolute Gasteiger partial charge is 0.479 e. The predicted molar refractivity (Wildman–Crippen MR) is 208 cm³/mol. The fourth-order valence-electron chi connectivity index (χ4n) is 6.26. The van der Waals surface area contributed by atoms with Gasteiger partial charge in [-0.2, -0.15) is 18.3 Å². The lowest BCUT2D eigenvalue weighted by atomic mass is 9.85. The number of aliphatic hydroxyl groups excluding tert-OH is 2. The molecule has 0 saturated heterocycles. The summed E-state index contributed by atoms with van der Waals surface area (Å²) < 4.78 is 71.3. The number of hydrogen-bond donors (Lipinski definition) is 5. The first-order valence-electron chi connectivity index (χ1n) is 18.0. The minimum absolute atomic E-state index is 0.0475. The van der Waals surface area contributed by atoms with Crippen LogP contribution in [0.4, 0.5) is 22.0 Å². The van der Waals surface area contributed by atoms with Crippen molar-refractivity contribution >= 4 is 40.6 Å². The first-order valence-corrected chi connectivity index (χ1v) is 19.0. The summed E-state index contributed by atoms with van der Waals surface area (Å²) in [6.07, 6.45) is -7.12. The van der Waals surface area contributed by atoms with Crippen molar-refractivity contribution in [3.8, 4) is 11.1 Å². The number of carbonyl (C=O) groups is 3. The first kappa shape index (κ1) is 46.1. The van der Waals surface area contributed by atoms with Gasteiger partial charge >= 0.3 is 18.1 Å². The molecule has 3 atom stereocenters. The summed E-state index contributed by atoms with van der Waals surface area (Å²) in [5, 5.41) is 37.7. The molecule has 19 heteroatoms. The normalized spacial score (nSPS) is 13.7. The SMILES string of the molecule is CCN(CC)CCC(Cc1ccc(-c2ccc(C(F)(F)F)cc2)cc1)(C(N)=O)n1c(SCc2cccc(F)c2F)cc(=O)c2cn(C)nc21.O=C(O)C(O)C(O)C(=O)O. The van der Waals surface area contributed by atoms with E-state index >= 15 is 0 Å². The zero-order chi connectivity index (χ0) is 43.8. The molecule has 5 aromatic rings. The Kier molecular flexibility index (Phi) is 15.2. The van der Waals surface area contributed by atoms with Crippen LogP contribution in [0.5, 0.6) is 0 Å². The monoisotopic (exact) mass is 847 g/mol. The molecule has 0 fully saturated rings. The van der Waals surface area contributed by atoms with Gasteiger partial charge in [0.05, 0.1) is 16.0 Å². The third-order valence-electron chi connectivity index (χ3n) is 9.59. The van der Waals surface area contributed by atoms with Gasteiger partial charge in [0, 0.05) is 43.6 Å². The number of fused-ring (bicyclic) bond motifs is 1. The average molecular weight is 848 g/mol. The van der Waals surface area contributed by atoms with Crippen molar-refractivity contribution in [2.75, 3.05) is 19.6 Å². The Bertz CT molecular complexity index is 2320. The van der Waals surface area contributed by atoms with E-state index in [-0.39, 0.29) is 40.6 Å². The number of nitrogens with zero attached hydrogens (tertiary/aromatic N) is 4. The molecule has 5 rings (SSSR count). The van der Waals surface area contributed by atoms with Crippen LogP contribution in [-0.2, 0) is 45.3 Å². The zero-order valence-electron chi connectivity index (χ0n) is 32.0. The minimum atomic E-state index is -4.45. The molecule has 1 amide bonds. The lowest BCUT2D eigenvalue weighted by Crippen LogP contribution is -2.51. The number of halogens is 5. The van der Waals surface area contributed by atoms with Gasteiger partial charge in [0.2, 0.25) is 5.91 Å². The Morgan fingerprint density at radius 2 is 1.46 bits per heavy atom. The molecule has 0 saturated carbocycles. The highest BCUT2D eigenvalue weighted by Crippen LogP contribution is 2.37. The molecule has 0 radical (unpaired) electrons. The molecule has 0 spiro atoms. The maximum absolute atomic E-state index is 14.7. The van der Waals surface area contributed by atoms with Crippen molar-refractivity contribution in [2.24, 2.45) is 12.8 Å². The van der Waals surface area contributed by atoms with Crippen molar-refractivity contribution in [3.63, 3.8) is 0 Å². The van der Waals surface area contributed by atoms with Crippen LogP contribution in [0.2, 0.25) is 0 Å². The molecule has 0 aliphatic heterocycles. The second kappa shape index (κ2) is 19.4. The molecule has 0 aliphatic carbocycles. The fraction of sp³-hybridized carbons (Fsp3) is 0.325. The van der Waals surface area contributed by atoms with Gasteiger partial charge in [0.25, 0.3) is 0 Å². The standard InChI is InChI=1S/C36H36F5N5O2S.C4H6O6/c1-4-45(5-2)18-17-35(34(42)48,20-23-9-11-24(12-10-23)25-13-15-27(16-14-25)36(39,40)41)46-31(19-30(47)28-21-44(3)43-33(28)46)49-22-26-7-6-8-29(37)32(26)38;5-1(3(7)8)2(6)4(9)10/h6-16,19,21H,4-5,17-18,20,22H2,1-3H3,(H2,42,48);1-2,5-6H,(H,7,8)(H,9,10). The molecule has 316 valence electrons. The number of nitrogens with two attached hydrogens (primary N) is 1. The number of aliphatic hydroxyl groups is 2. The number of carboxylic acid groups (broad SMARTS) is 2. The quantitative estimate of drug-likeness (QED) is 0.0660. The third-order valence-corrected chi connectivity index (χ3v) is 10.6. The first-order chi connectivity index (χ1) is 27.7. The topological polar surface area (TPSA) is 201 Å². The minimum Gasteiger partial charge on any atom is -0.479 e. The summed E-state index contributed by atoms with van der Waals surface area (Å²) in [4.78, 5) is 49.0. The fourth-order valence-corrected chi connectivity index (χ4v) is 7.37. The molecule has 2 heterocycles. The van der Waals surface area contributed by atoms with Crippen molar-refractivity contribution < 1.29 is 56.8 Å². The molecule has 6 N–H and O–H groups in total. The van der Waals surface area contributed by atoms with Gasteiger partial charge in [0.15, 0.2) is 34.9 Å². The van der Waals surface area contributed by atoms with Crippen LogP contribution in [-0.4, -0.2) is 89.4 Å². The average Bonchev–Trinajstić information content (AvgIpc) is 3.59. The molecule has 3 unspecified atom stereocenters. The maximum Gasteiger partial charge on any atom is 0.416 e. The van der Waals surface area contributed by atoms with E-state index in [0.717, 1.165) is 30.0 Å². The molecular formula is C40H42F5N5O8S. The number of aromatic nitrogens is 3. The number of aryl methyl sites for hydroxylation is 1. The summed E-state index contributed by atoms with van der Waals surface area (Å²) >= 11 is 1.07. The van der Waals surface area contributed by atoms with Crippen molar-refractivity contribution in [1.82, 2.24) is 19.2 Å². The summed E-state index contributed by atoms with van der Waals surface area (Å²) in [7, 11) is 1.65. The van der Waals surface area contributed by atoms with E-state index in [4.69, 9.17) is 26.2 Å². The molecule has 0 aliphatic rings. The molecule has 0 bridgehead atoms. The Morgan fingerprint density at radius 1 is 0.898 bits per heavy atom. The lowest BCUT2D eigenvalue weighted by molar-refractivity contribution is -0.165. The number of benzene rings is 3. The highest BCUT2D eigenvalue weighted by molar-refractivity contribution is 7.98. The van der Waals surface area contributed by atoms with Crippen LogP contribution in [0.3, 0.4) is 0 Å². The zero-order valence-corrected chi connectivity index (χ0v) is 32.8. The number of hydrogen-bond acceptors (Lipinski definition) is 9. The van der Waals surface area contributed by atoms with E-state index in [1.807, 2.05) is 13.8 Å². The van der Waals surface area contributed by atoms with Gasteiger partial charge in [0.1, 0.15) is 5.54 Å².